The summed E-state index contributed by atoms with van der Waals surface area (Å²) in [5.74, 6) is -0.686. The Kier molecular flexibility index (Phi) is 8.57. The molecule has 0 saturated heterocycles. The van der Waals surface area contributed by atoms with Gasteiger partial charge in [0.2, 0.25) is 5.91 Å². The second-order valence-corrected chi connectivity index (χ2v) is 9.96. The molecule has 0 radical (unpaired) electrons. The molecule has 36 heavy (non-hydrogen) atoms. The molecule has 2 aromatic carbocycles. The van der Waals surface area contributed by atoms with E-state index in [9.17, 15) is 14.0 Å². The molecule has 1 aliphatic carbocycles. The Morgan fingerprint density at radius 1 is 0.944 bits per heavy atom. The Morgan fingerprint density at radius 2 is 1.64 bits per heavy atom. The van der Waals surface area contributed by atoms with Crippen LogP contribution < -0.4 is 0 Å². The fraction of sp³-hybridized carbons (Fsp3) is 0.400. The summed E-state index contributed by atoms with van der Waals surface area (Å²) in [7, 11) is 0. The molecule has 190 valence electrons. The predicted octanol–water partition coefficient (Wildman–Crippen LogP) is 5.89. The number of carbonyl (C=O) groups is 2. The molecule has 1 heterocycles. The molecule has 0 atom stereocenters. The first-order valence-corrected chi connectivity index (χ1v) is 13.0. The van der Waals surface area contributed by atoms with Crippen LogP contribution >= 0.6 is 0 Å². The third kappa shape index (κ3) is 6.42. The Labute approximate surface area is 213 Å². The van der Waals surface area contributed by atoms with Crippen molar-refractivity contribution >= 4 is 11.8 Å². The van der Waals surface area contributed by atoms with Crippen molar-refractivity contribution in [3.05, 3.63) is 95.6 Å². The molecule has 0 spiro atoms. The second kappa shape index (κ2) is 12.0. The summed E-state index contributed by atoms with van der Waals surface area (Å²) in [5, 5.41) is 0. The topological polar surface area (TPSA) is 45.6 Å². The van der Waals surface area contributed by atoms with E-state index in [1.807, 2.05) is 43.0 Å². The van der Waals surface area contributed by atoms with Crippen LogP contribution in [0.2, 0.25) is 0 Å². The number of amides is 2. The van der Waals surface area contributed by atoms with Crippen LogP contribution in [0.5, 0.6) is 0 Å². The Hall–Kier alpha value is -3.41. The molecule has 1 saturated carbocycles. The highest BCUT2D eigenvalue weighted by Crippen LogP contribution is 2.25. The Balaban J connectivity index is 1.54. The molecule has 0 bridgehead atoms. The van der Waals surface area contributed by atoms with Gasteiger partial charge in [-0.25, -0.2) is 4.39 Å². The molecule has 3 aromatic rings. The summed E-state index contributed by atoms with van der Waals surface area (Å²) in [6.45, 7) is 5.08. The molecule has 5 nitrogen and oxygen atoms in total. The van der Waals surface area contributed by atoms with Crippen molar-refractivity contribution in [2.24, 2.45) is 0 Å². The van der Waals surface area contributed by atoms with Gasteiger partial charge in [0.25, 0.3) is 5.91 Å². The largest absolute Gasteiger partial charge is 0.345 e. The molecule has 4 rings (SSSR count). The van der Waals surface area contributed by atoms with Crippen LogP contribution in [0.25, 0.3) is 0 Å². The molecule has 0 unspecified atom stereocenters. The van der Waals surface area contributed by atoms with Crippen molar-refractivity contribution in [2.75, 3.05) is 6.54 Å². The highest BCUT2D eigenvalue weighted by atomic mass is 19.1. The summed E-state index contributed by atoms with van der Waals surface area (Å²) < 4.78 is 15.6. The lowest BCUT2D eigenvalue weighted by molar-refractivity contribution is -0.136. The van der Waals surface area contributed by atoms with Gasteiger partial charge in [-0.2, -0.15) is 0 Å². The number of benzene rings is 2. The van der Waals surface area contributed by atoms with Crippen molar-refractivity contribution < 1.29 is 14.0 Å². The first kappa shape index (κ1) is 25.7. The van der Waals surface area contributed by atoms with Crippen LogP contribution in [0.15, 0.2) is 72.9 Å². The van der Waals surface area contributed by atoms with Gasteiger partial charge in [0.1, 0.15) is 12.4 Å². The van der Waals surface area contributed by atoms with E-state index in [1.165, 1.54) is 36.2 Å². The van der Waals surface area contributed by atoms with Gasteiger partial charge >= 0.3 is 0 Å². The minimum absolute atomic E-state index is 0.00374. The SMILES string of the molecule is CC(C)N(CC(=O)N(Cc1cccn1Cc1ccccc1)C1CCCCC1)C(=O)c1ccc(F)cc1. The third-order valence-electron chi connectivity index (χ3n) is 7.07. The predicted molar refractivity (Wildman–Crippen MR) is 140 cm³/mol. The van der Waals surface area contributed by atoms with Gasteiger partial charge in [-0.15, -0.1) is 0 Å². The van der Waals surface area contributed by atoms with Crippen LogP contribution in [0.4, 0.5) is 4.39 Å². The molecule has 1 aromatic heterocycles. The molecule has 2 amide bonds. The maximum atomic E-state index is 13.8. The van der Waals surface area contributed by atoms with Gasteiger partial charge < -0.3 is 14.4 Å². The number of aromatic nitrogens is 1. The lowest BCUT2D eigenvalue weighted by Gasteiger charge is -2.37. The Bertz CT molecular complexity index is 1130. The van der Waals surface area contributed by atoms with Crippen molar-refractivity contribution in [1.29, 1.82) is 0 Å². The monoisotopic (exact) mass is 489 g/mol. The van der Waals surface area contributed by atoms with E-state index in [0.29, 0.717) is 12.1 Å². The van der Waals surface area contributed by atoms with Gasteiger partial charge in [-0.3, -0.25) is 9.59 Å². The van der Waals surface area contributed by atoms with E-state index in [0.717, 1.165) is 37.9 Å². The molecule has 0 aliphatic heterocycles. The van der Waals surface area contributed by atoms with E-state index >= 15 is 0 Å². The quantitative estimate of drug-likeness (QED) is 0.376. The summed E-state index contributed by atoms with van der Waals surface area (Å²) >= 11 is 0. The Morgan fingerprint density at radius 3 is 2.31 bits per heavy atom. The maximum absolute atomic E-state index is 13.8. The normalized spacial score (nSPS) is 14.1. The third-order valence-corrected chi connectivity index (χ3v) is 7.07. The van der Waals surface area contributed by atoms with Crippen molar-refractivity contribution in [3.8, 4) is 0 Å². The lowest BCUT2D eigenvalue weighted by atomic mass is 9.94. The highest BCUT2D eigenvalue weighted by Gasteiger charge is 2.30. The zero-order chi connectivity index (χ0) is 25.5. The average Bonchev–Trinajstić information content (AvgIpc) is 3.33. The summed E-state index contributed by atoms with van der Waals surface area (Å²) in [6, 6.07) is 19.9. The van der Waals surface area contributed by atoms with Crippen molar-refractivity contribution in [3.63, 3.8) is 0 Å². The fourth-order valence-corrected chi connectivity index (χ4v) is 5.00. The highest BCUT2D eigenvalue weighted by molar-refractivity contribution is 5.96. The average molecular weight is 490 g/mol. The number of nitrogens with zero attached hydrogens (tertiary/aromatic N) is 3. The number of carbonyl (C=O) groups excluding carboxylic acids is 2. The summed E-state index contributed by atoms with van der Waals surface area (Å²) in [6.07, 6.45) is 7.45. The van der Waals surface area contributed by atoms with Gasteiger partial charge in [0.15, 0.2) is 0 Å². The summed E-state index contributed by atoms with van der Waals surface area (Å²) in [5.41, 5.74) is 2.68. The van der Waals surface area contributed by atoms with Crippen LogP contribution in [-0.2, 0) is 17.9 Å². The maximum Gasteiger partial charge on any atom is 0.254 e. The first-order chi connectivity index (χ1) is 17.4. The standard InChI is InChI=1S/C30H36FN3O2/c1-23(2)33(30(36)25-15-17-26(31)18-16-25)22-29(35)34(27-12-7-4-8-13-27)21-28-14-9-19-32(28)20-24-10-5-3-6-11-24/h3,5-6,9-11,14-19,23,27H,4,7-8,12-13,20-22H2,1-2H3. The van der Waals surface area contributed by atoms with E-state index in [1.54, 1.807) is 4.90 Å². The number of rotatable bonds is 9. The molecule has 0 N–H and O–H groups in total. The molecule has 6 heteroatoms. The van der Waals surface area contributed by atoms with E-state index in [2.05, 4.69) is 29.0 Å². The number of halogens is 1. The van der Waals surface area contributed by atoms with E-state index in [-0.39, 0.29) is 36.3 Å². The van der Waals surface area contributed by atoms with E-state index in [4.69, 9.17) is 0 Å². The zero-order valence-corrected chi connectivity index (χ0v) is 21.3. The number of hydrogen-bond acceptors (Lipinski definition) is 2. The van der Waals surface area contributed by atoms with Crippen molar-refractivity contribution in [1.82, 2.24) is 14.4 Å². The lowest BCUT2D eigenvalue weighted by Crippen LogP contribution is -2.49. The van der Waals surface area contributed by atoms with Crippen LogP contribution in [-0.4, -0.2) is 44.8 Å². The van der Waals surface area contributed by atoms with Crippen LogP contribution in [0.1, 0.15) is 67.6 Å². The first-order valence-electron chi connectivity index (χ1n) is 13.0. The fourth-order valence-electron chi connectivity index (χ4n) is 5.00. The van der Waals surface area contributed by atoms with Gasteiger partial charge in [-0.05, 0) is 68.7 Å². The zero-order valence-electron chi connectivity index (χ0n) is 21.3. The minimum atomic E-state index is -0.388. The smallest absolute Gasteiger partial charge is 0.254 e. The molecule has 1 fully saturated rings. The van der Waals surface area contributed by atoms with E-state index < -0.39 is 0 Å². The van der Waals surface area contributed by atoms with Gasteiger partial charge in [0, 0.05) is 36.1 Å². The van der Waals surface area contributed by atoms with Gasteiger partial charge in [-0.1, -0.05) is 49.6 Å². The molecular weight excluding hydrogens is 453 g/mol. The minimum Gasteiger partial charge on any atom is -0.345 e. The van der Waals surface area contributed by atoms with Crippen molar-refractivity contribution in [2.45, 2.75) is 71.1 Å². The number of hydrogen-bond donors (Lipinski definition) is 0. The van der Waals surface area contributed by atoms with Crippen LogP contribution in [0.3, 0.4) is 0 Å². The summed E-state index contributed by atoms with van der Waals surface area (Å²) in [4.78, 5) is 30.6. The second-order valence-electron chi connectivity index (χ2n) is 9.96. The van der Waals surface area contributed by atoms with Crippen LogP contribution in [0, 0.1) is 5.82 Å². The molecular formula is C30H36FN3O2. The van der Waals surface area contributed by atoms with Gasteiger partial charge in [0.05, 0.1) is 6.54 Å². The molecule has 1 aliphatic rings.